The quantitative estimate of drug-likeness (QED) is 0.404. The molecule has 0 saturated heterocycles. The molecular weight excluding hydrogens is 392 g/mol. The van der Waals surface area contributed by atoms with Gasteiger partial charge in [0, 0.05) is 12.1 Å². The van der Waals surface area contributed by atoms with Crippen molar-refractivity contribution in [3.05, 3.63) is 92.1 Å². The minimum Gasteiger partial charge on any atom is -0.273 e. The Balaban J connectivity index is 1.68. The number of nitro benzene ring substituents is 1. The van der Waals surface area contributed by atoms with Crippen LogP contribution in [0.4, 0.5) is 5.69 Å². The van der Waals surface area contributed by atoms with Crippen LogP contribution in [-0.4, -0.2) is 20.5 Å². The number of nitrogens with zero attached hydrogens (tertiary/aromatic N) is 3. The number of amides is 1. The Morgan fingerprint density at radius 1 is 1.10 bits per heavy atom. The molecule has 4 rings (SSSR count). The molecule has 0 aliphatic rings. The van der Waals surface area contributed by atoms with E-state index in [0.717, 1.165) is 9.55 Å². The van der Waals surface area contributed by atoms with E-state index in [1.807, 2.05) is 17.5 Å². The van der Waals surface area contributed by atoms with E-state index in [1.54, 1.807) is 24.3 Å². The van der Waals surface area contributed by atoms with Gasteiger partial charge in [0.25, 0.3) is 11.2 Å². The van der Waals surface area contributed by atoms with Crippen molar-refractivity contribution in [1.82, 2.24) is 9.66 Å². The number of carbonyl (C=O) groups excluding carboxylic acids is 1. The van der Waals surface area contributed by atoms with E-state index in [2.05, 4.69) is 10.4 Å². The van der Waals surface area contributed by atoms with E-state index in [1.165, 1.54) is 35.6 Å². The molecule has 0 aliphatic carbocycles. The minimum absolute atomic E-state index is 0.0405. The molecule has 2 heterocycles. The molecule has 0 saturated carbocycles. The van der Waals surface area contributed by atoms with Gasteiger partial charge in [-0.05, 0) is 29.1 Å². The first kappa shape index (κ1) is 18.5. The average Bonchev–Trinajstić information content (AvgIpc) is 3.25. The van der Waals surface area contributed by atoms with E-state index in [0.29, 0.717) is 22.3 Å². The number of para-hydroxylation sites is 1. The Hall–Kier alpha value is -3.85. The topological polar surface area (TPSA) is 107 Å². The van der Waals surface area contributed by atoms with Gasteiger partial charge in [0.15, 0.2) is 5.82 Å². The fourth-order valence-corrected chi connectivity index (χ4v) is 3.60. The summed E-state index contributed by atoms with van der Waals surface area (Å²) in [6, 6.07) is 16.3. The van der Waals surface area contributed by atoms with Gasteiger partial charge in [-0.2, -0.15) is 4.68 Å². The predicted octanol–water partition coefficient (Wildman–Crippen LogP) is 3.35. The monoisotopic (exact) mass is 406 g/mol. The van der Waals surface area contributed by atoms with Gasteiger partial charge >= 0.3 is 0 Å². The fraction of sp³-hybridized carbons (Fsp3) is 0.0500. The summed E-state index contributed by atoms with van der Waals surface area (Å²) < 4.78 is 1.15. The highest BCUT2D eigenvalue weighted by Crippen LogP contribution is 2.23. The molecule has 0 aliphatic heterocycles. The number of fused-ring (bicyclic) bond motifs is 1. The predicted molar refractivity (Wildman–Crippen MR) is 110 cm³/mol. The highest BCUT2D eigenvalue weighted by Gasteiger charge is 2.16. The summed E-state index contributed by atoms with van der Waals surface area (Å²) in [6.45, 7) is 0. The first-order valence-electron chi connectivity index (χ1n) is 8.62. The number of thiophene rings is 1. The number of aromatic nitrogens is 2. The normalized spacial score (nSPS) is 10.8. The Labute approximate surface area is 168 Å². The van der Waals surface area contributed by atoms with Crippen molar-refractivity contribution >= 4 is 33.8 Å². The molecule has 0 spiro atoms. The summed E-state index contributed by atoms with van der Waals surface area (Å²) in [5.74, 6) is -0.0865. The fourth-order valence-electron chi connectivity index (χ4n) is 2.89. The zero-order chi connectivity index (χ0) is 20.4. The Morgan fingerprint density at radius 2 is 1.86 bits per heavy atom. The maximum atomic E-state index is 13.0. The second-order valence-corrected chi connectivity index (χ2v) is 7.15. The third kappa shape index (κ3) is 3.76. The zero-order valence-corrected chi connectivity index (χ0v) is 15.8. The lowest BCUT2D eigenvalue weighted by molar-refractivity contribution is -0.384. The van der Waals surface area contributed by atoms with Crippen LogP contribution in [0.25, 0.3) is 21.6 Å². The van der Waals surface area contributed by atoms with Crippen LogP contribution in [0, 0.1) is 10.1 Å². The van der Waals surface area contributed by atoms with Crippen LogP contribution < -0.4 is 11.0 Å². The number of hydrogen-bond acceptors (Lipinski definition) is 6. The van der Waals surface area contributed by atoms with Crippen LogP contribution in [0.3, 0.4) is 0 Å². The molecule has 0 radical (unpaired) electrons. The molecule has 0 atom stereocenters. The molecule has 144 valence electrons. The molecule has 1 amide bonds. The molecule has 0 bridgehead atoms. The second kappa shape index (κ2) is 7.64. The lowest BCUT2D eigenvalue weighted by Gasteiger charge is -2.13. The summed E-state index contributed by atoms with van der Waals surface area (Å²) in [6.07, 6.45) is -0.0405. The van der Waals surface area contributed by atoms with Crippen molar-refractivity contribution in [1.29, 1.82) is 0 Å². The van der Waals surface area contributed by atoms with Gasteiger partial charge in [-0.1, -0.05) is 30.3 Å². The standard InChI is InChI=1S/C20H14N4O4S/c25-18(12-13-7-9-14(10-8-13)24(27)28)22-23-19(17-6-3-11-29-17)21-16-5-2-1-4-15(16)20(23)26/h1-11H,12H2,(H,22,25). The molecule has 2 aromatic carbocycles. The number of non-ortho nitro benzene ring substituents is 1. The van der Waals surface area contributed by atoms with E-state index in [-0.39, 0.29) is 17.7 Å². The molecule has 4 aromatic rings. The maximum absolute atomic E-state index is 13.0. The summed E-state index contributed by atoms with van der Waals surface area (Å²) >= 11 is 1.41. The van der Waals surface area contributed by atoms with Crippen molar-refractivity contribution in [2.24, 2.45) is 0 Å². The number of hydrogen-bond donors (Lipinski definition) is 1. The summed E-state index contributed by atoms with van der Waals surface area (Å²) in [4.78, 5) is 41.1. The Kier molecular flexibility index (Phi) is 4.88. The van der Waals surface area contributed by atoms with Gasteiger partial charge in [-0.3, -0.25) is 25.1 Å². The lowest BCUT2D eigenvalue weighted by atomic mass is 10.1. The molecule has 8 nitrogen and oxygen atoms in total. The summed E-state index contributed by atoms with van der Waals surface area (Å²) in [5, 5.41) is 13.0. The number of nitrogens with one attached hydrogen (secondary N) is 1. The summed E-state index contributed by atoms with van der Waals surface area (Å²) in [5.41, 5.74) is 3.32. The van der Waals surface area contributed by atoms with E-state index < -0.39 is 10.8 Å². The van der Waals surface area contributed by atoms with Gasteiger partial charge < -0.3 is 0 Å². The van der Waals surface area contributed by atoms with Crippen LogP contribution in [0.5, 0.6) is 0 Å². The average molecular weight is 406 g/mol. The molecular formula is C20H14N4O4S. The molecule has 9 heteroatoms. The third-order valence-electron chi connectivity index (χ3n) is 4.27. The lowest BCUT2D eigenvalue weighted by Crippen LogP contribution is -2.35. The van der Waals surface area contributed by atoms with Crippen LogP contribution in [-0.2, 0) is 11.2 Å². The molecule has 0 unspecified atom stereocenters. The smallest absolute Gasteiger partial charge is 0.273 e. The largest absolute Gasteiger partial charge is 0.280 e. The van der Waals surface area contributed by atoms with Gasteiger partial charge in [-0.15, -0.1) is 11.3 Å². The van der Waals surface area contributed by atoms with Crippen LogP contribution >= 0.6 is 11.3 Å². The van der Waals surface area contributed by atoms with Crippen LogP contribution in [0.15, 0.2) is 70.8 Å². The highest BCUT2D eigenvalue weighted by atomic mass is 32.1. The molecule has 0 fully saturated rings. The second-order valence-electron chi connectivity index (χ2n) is 6.21. The van der Waals surface area contributed by atoms with E-state index >= 15 is 0 Å². The van der Waals surface area contributed by atoms with E-state index in [4.69, 9.17) is 0 Å². The number of carbonyl (C=O) groups is 1. The van der Waals surface area contributed by atoms with Crippen LogP contribution in [0.1, 0.15) is 5.56 Å². The Bertz CT molecular complexity index is 1260. The van der Waals surface area contributed by atoms with E-state index in [9.17, 15) is 19.7 Å². The van der Waals surface area contributed by atoms with Crippen molar-refractivity contribution in [3.63, 3.8) is 0 Å². The van der Waals surface area contributed by atoms with Crippen molar-refractivity contribution in [2.75, 3.05) is 5.43 Å². The maximum Gasteiger partial charge on any atom is 0.280 e. The van der Waals surface area contributed by atoms with Gasteiger partial charge in [0.1, 0.15) is 0 Å². The van der Waals surface area contributed by atoms with Gasteiger partial charge in [-0.25, -0.2) is 4.98 Å². The molecule has 29 heavy (non-hydrogen) atoms. The van der Waals surface area contributed by atoms with Crippen LogP contribution in [0.2, 0.25) is 0 Å². The number of rotatable bonds is 5. The van der Waals surface area contributed by atoms with Gasteiger partial charge in [0.05, 0.1) is 27.1 Å². The van der Waals surface area contributed by atoms with Crippen molar-refractivity contribution in [2.45, 2.75) is 6.42 Å². The molecule has 1 N–H and O–H groups in total. The van der Waals surface area contributed by atoms with Crippen molar-refractivity contribution < 1.29 is 9.72 Å². The number of nitro groups is 1. The first-order valence-corrected chi connectivity index (χ1v) is 9.50. The Morgan fingerprint density at radius 3 is 2.55 bits per heavy atom. The third-order valence-corrected chi connectivity index (χ3v) is 5.13. The van der Waals surface area contributed by atoms with Gasteiger partial charge in [0.2, 0.25) is 5.91 Å². The molecule has 2 aromatic heterocycles. The zero-order valence-electron chi connectivity index (χ0n) is 14.9. The van der Waals surface area contributed by atoms with Crippen molar-refractivity contribution in [3.8, 4) is 10.7 Å². The number of benzene rings is 2. The summed E-state index contributed by atoms with van der Waals surface area (Å²) in [7, 11) is 0. The highest BCUT2D eigenvalue weighted by molar-refractivity contribution is 7.13. The SMILES string of the molecule is O=C(Cc1ccc([N+](=O)[O-])cc1)Nn1c(-c2cccs2)nc2ccccc2c1=O. The first-order chi connectivity index (χ1) is 14.0. The minimum atomic E-state index is -0.503.